The van der Waals surface area contributed by atoms with Crippen LogP contribution >= 0.6 is 0 Å². The van der Waals surface area contributed by atoms with E-state index >= 15 is 0 Å². The number of benzene rings is 1. The molecule has 0 saturated carbocycles. The fraction of sp³-hybridized carbons (Fsp3) is 0.462. The van der Waals surface area contributed by atoms with Crippen LogP contribution in [0.4, 0.5) is 0 Å². The first-order valence-electron chi connectivity index (χ1n) is 5.78. The van der Waals surface area contributed by atoms with Crippen molar-refractivity contribution in [3.05, 3.63) is 23.3 Å². The van der Waals surface area contributed by atoms with E-state index in [4.69, 9.17) is 9.47 Å². The molecule has 92 valence electrons. The van der Waals surface area contributed by atoms with Crippen molar-refractivity contribution in [1.82, 2.24) is 5.32 Å². The largest absolute Gasteiger partial charge is 0.493 e. The molecule has 0 aliphatic carbocycles. The summed E-state index contributed by atoms with van der Waals surface area (Å²) in [6, 6.07) is 3.74. The Morgan fingerprint density at radius 2 is 1.88 bits per heavy atom. The van der Waals surface area contributed by atoms with Gasteiger partial charge in [0.1, 0.15) is 0 Å². The highest BCUT2D eigenvalue weighted by Crippen LogP contribution is 2.37. The van der Waals surface area contributed by atoms with Crippen molar-refractivity contribution in [3.63, 3.8) is 0 Å². The highest BCUT2D eigenvalue weighted by Gasteiger charge is 2.29. The molecule has 4 nitrogen and oxygen atoms in total. The molecule has 1 amide bonds. The van der Waals surface area contributed by atoms with Crippen molar-refractivity contribution < 1.29 is 14.3 Å². The molecule has 4 heteroatoms. The first kappa shape index (κ1) is 11.8. The Morgan fingerprint density at radius 1 is 1.24 bits per heavy atom. The van der Waals surface area contributed by atoms with Crippen LogP contribution in [0.3, 0.4) is 0 Å². The monoisotopic (exact) mass is 235 g/mol. The summed E-state index contributed by atoms with van der Waals surface area (Å²) >= 11 is 0. The highest BCUT2D eigenvalue weighted by molar-refractivity contribution is 5.99. The normalized spacial score (nSPS) is 17.6. The standard InChI is InChI=1S/C13H17NO3/c1-4-5-10-8-6-11(16-2)12(17-3)7-9(8)13(15)14-10/h6-7,10H,4-5H2,1-3H3,(H,14,15)/t10-/m0/s1. The van der Waals surface area contributed by atoms with E-state index in [-0.39, 0.29) is 11.9 Å². The molecule has 1 aliphatic heterocycles. The van der Waals surface area contributed by atoms with E-state index in [9.17, 15) is 4.79 Å². The van der Waals surface area contributed by atoms with Crippen molar-refractivity contribution >= 4 is 5.91 Å². The second-order valence-electron chi connectivity index (χ2n) is 4.11. The van der Waals surface area contributed by atoms with E-state index in [1.54, 1.807) is 20.3 Å². The van der Waals surface area contributed by atoms with E-state index < -0.39 is 0 Å². The van der Waals surface area contributed by atoms with E-state index in [1.807, 2.05) is 6.07 Å². The molecule has 0 aromatic heterocycles. The Kier molecular flexibility index (Phi) is 3.22. The Balaban J connectivity index is 2.47. The van der Waals surface area contributed by atoms with Crippen molar-refractivity contribution in [1.29, 1.82) is 0 Å². The average Bonchev–Trinajstić information content (AvgIpc) is 2.65. The molecule has 17 heavy (non-hydrogen) atoms. The van der Waals surface area contributed by atoms with E-state index in [2.05, 4.69) is 12.2 Å². The van der Waals surface area contributed by atoms with Crippen molar-refractivity contribution in [2.45, 2.75) is 25.8 Å². The molecule has 1 aromatic carbocycles. The second-order valence-corrected chi connectivity index (χ2v) is 4.11. The lowest BCUT2D eigenvalue weighted by molar-refractivity contribution is 0.0954. The summed E-state index contributed by atoms with van der Waals surface area (Å²) in [7, 11) is 3.17. The molecule has 0 saturated heterocycles. The van der Waals surface area contributed by atoms with Gasteiger partial charge < -0.3 is 14.8 Å². The molecular weight excluding hydrogens is 218 g/mol. The minimum Gasteiger partial charge on any atom is -0.493 e. The van der Waals surface area contributed by atoms with Crippen LogP contribution in [0, 0.1) is 0 Å². The van der Waals surface area contributed by atoms with Gasteiger partial charge in [-0.05, 0) is 24.1 Å². The van der Waals surface area contributed by atoms with Crippen LogP contribution in [0.5, 0.6) is 11.5 Å². The number of hydrogen-bond acceptors (Lipinski definition) is 3. The zero-order chi connectivity index (χ0) is 12.4. The average molecular weight is 235 g/mol. The maximum Gasteiger partial charge on any atom is 0.252 e. The quantitative estimate of drug-likeness (QED) is 0.871. The van der Waals surface area contributed by atoms with Crippen LogP contribution in [0.15, 0.2) is 12.1 Å². The Labute approximate surface area is 101 Å². The molecule has 0 radical (unpaired) electrons. The molecule has 0 spiro atoms. The number of nitrogens with one attached hydrogen (secondary N) is 1. The minimum atomic E-state index is -0.0283. The second kappa shape index (κ2) is 4.65. The van der Waals surface area contributed by atoms with E-state index in [0.717, 1.165) is 18.4 Å². The number of carbonyl (C=O) groups is 1. The Hall–Kier alpha value is -1.71. The summed E-state index contributed by atoms with van der Waals surface area (Å²) in [5.41, 5.74) is 1.70. The van der Waals surface area contributed by atoms with Gasteiger partial charge in [0.05, 0.1) is 20.3 Å². The first-order valence-corrected chi connectivity index (χ1v) is 5.78. The summed E-state index contributed by atoms with van der Waals surface area (Å²) in [6.45, 7) is 2.10. The summed E-state index contributed by atoms with van der Waals surface area (Å²) in [4.78, 5) is 11.8. The van der Waals surface area contributed by atoms with Crippen molar-refractivity contribution in [2.24, 2.45) is 0 Å². The van der Waals surface area contributed by atoms with Crippen LogP contribution in [-0.2, 0) is 0 Å². The summed E-state index contributed by atoms with van der Waals surface area (Å²) in [6.07, 6.45) is 1.97. The predicted octanol–water partition coefficient (Wildman–Crippen LogP) is 2.29. The molecule has 1 heterocycles. The molecule has 2 rings (SSSR count). The lowest BCUT2D eigenvalue weighted by Gasteiger charge is -2.12. The van der Waals surface area contributed by atoms with Gasteiger partial charge in [-0.2, -0.15) is 0 Å². The van der Waals surface area contributed by atoms with Gasteiger partial charge >= 0.3 is 0 Å². The summed E-state index contributed by atoms with van der Waals surface area (Å²) in [5.74, 6) is 1.24. The van der Waals surface area contributed by atoms with Crippen LogP contribution in [0.2, 0.25) is 0 Å². The summed E-state index contributed by atoms with van der Waals surface area (Å²) in [5, 5.41) is 2.97. The highest BCUT2D eigenvalue weighted by atomic mass is 16.5. The molecule has 1 aromatic rings. The SMILES string of the molecule is CCC[C@@H]1NC(=O)c2cc(OC)c(OC)cc21. The third-order valence-electron chi connectivity index (χ3n) is 3.06. The Morgan fingerprint density at radius 3 is 2.47 bits per heavy atom. The minimum absolute atomic E-state index is 0.0283. The molecular formula is C13H17NO3. The molecule has 1 aliphatic rings. The maximum atomic E-state index is 11.8. The van der Waals surface area contributed by atoms with Crippen LogP contribution in [-0.4, -0.2) is 20.1 Å². The van der Waals surface area contributed by atoms with Crippen LogP contribution in [0.25, 0.3) is 0 Å². The first-order chi connectivity index (χ1) is 8.21. The van der Waals surface area contributed by atoms with Crippen molar-refractivity contribution in [3.8, 4) is 11.5 Å². The van der Waals surface area contributed by atoms with E-state index in [1.165, 1.54) is 0 Å². The molecule has 1 N–H and O–H groups in total. The van der Waals surface area contributed by atoms with Gasteiger partial charge in [-0.1, -0.05) is 13.3 Å². The van der Waals surface area contributed by atoms with Crippen LogP contribution in [0.1, 0.15) is 41.7 Å². The molecule has 1 atom stereocenters. The van der Waals surface area contributed by atoms with Gasteiger partial charge in [0.25, 0.3) is 5.91 Å². The fourth-order valence-corrected chi connectivity index (χ4v) is 2.21. The van der Waals surface area contributed by atoms with Gasteiger partial charge in [-0.25, -0.2) is 0 Å². The Bertz CT molecular complexity index is 443. The molecule has 0 fully saturated rings. The number of rotatable bonds is 4. The van der Waals surface area contributed by atoms with Gasteiger partial charge in [0, 0.05) is 5.56 Å². The number of hydrogen-bond donors (Lipinski definition) is 1. The zero-order valence-electron chi connectivity index (χ0n) is 10.4. The lowest BCUT2D eigenvalue weighted by atomic mass is 10.0. The van der Waals surface area contributed by atoms with Gasteiger partial charge in [0.15, 0.2) is 11.5 Å². The number of fused-ring (bicyclic) bond motifs is 1. The number of carbonyl (C=O) groups excluding carboxylic acids is 1. The third kappa shape index (κ3) is 1.95. The molecule has 0 unspecified atom stereocenters. The van der Waals surface area contributed by atoms with E-state index in [0.29, 0.717) is 17.1 Å². The van der Waals surface area contributed by atoms with Gasteiger partial charge in [-0.15, -0.1) is 0 Å². The van der Waals surface area contributed by atoms with Gasteiger partial charge in [0.2, 0.25) is 0 Å². The number of amides is 1. The predicted molar refractivity (Wildman–Crippen MR) is 64.7 cm³/mol. The fourth-order valence-electron chi connectivity index (χ4n) is 2.21. The zero-order valence-corrected chi connectivity index (χ0v) is 10.4. The van der Waals surface area contributed by atoms with Gasteiger partial charge in [-0.3, -0.25) is 4.79 Å². The van der Waals surface area contributed by atoms with Crippen LogP contribution < -0.4 is 14.8 Å². The van der Waals surface area contributed by atoms with Crippen molar-refractivity contribution in [2.75, 3.05) is 14.2 Å². The third-order valence-corrected chi connectivity index (χ3v) is 3.06. The molecule has 0 bridgehead atoms. The number of methoxy groups -OCH3 is 2. The smallest absolute Gasteiger partial charge is 0.252 e. The topological polar surface area (TPSA) is 47.6 Å². The number of ether oxygens (including phenoxy) is 2. The maximum absolute atomic E-state index is 11.8. The summed E-state index contributed by atoms with van der Waals surface area (Å²) < 4.78 is 10.5. The lowest BCUT2D eigenvalue weighted by Crippen LogP contribution is -2.18.